The zero-order chi connectivity index (χ0) is 13.3. The van der Waals surface area contributed by atoms with Crippen LogP contribution in [0.2, 0.25) is 0 Å². The highest BCUT2D eigenvalue weighted by molar-refractivity contribution is 5.99. The summed E-state index contributed by atoms with van der Waals surface area (Å²) in [6, 6.07) is 2.73. The van der Waals surface area contributed by atoms with E-state index in [0.717, 1.165) is 6.07 Å². The monoisotopic (exact) mass is 251 g/mol. The van der Waals surface area contributed by atoms with Crippen molar-refractivity contribution in [3.8, 4) is 11.5 Å². The van der Waals surface area contributed by atoms with Crippen LogP contribution in [0, 0.1) is 0 Å². The van der Waals surface area contributed by atoms with Gasteiger partial charge in [0.1, 0.15) is 17.5 Å². The van der Waals surface area contributed by atoms with Crippen molar-refractivity contribution in [1.29, 1.82) is 0 Å². The van der Waals surface area contributed by atoms with Crippen molar-refractivity contribution in [3.05, 3.63) is 23.8 Å². The van der Waals surface area contributed by atoms with Gasteiger partial charge in [0.2, 0.25) is 0 Å². The topological polar surface area (TPSA) is 98.1 Å². The molecule has 96 valence electrons. The molecule has 1 heterocycles. The molecule has 0 spiro atoms. The van der Waals surface area contributed by atoms with E-state index in [1.165, 1.54) is 17.0 Å². The van der Waals surface area contributed by atoms with Crippen molar-refractivity contribution in [3.63, 3.8) is 0 Å². The first-order chi connectivity index (χ1) is 8.50. The van der Waals surface area contributed by atoms with Crippen molar-refractivity contribution in [2.75, 3.05) is 6.54 Å². The highest BCUT2D eigenvalue weighted by atomic mass is 16.4. The first-order valence-corrected chi connectivity index (χ1v) is 5.56. The van der Waals surface area contributed by atoms with Gasteiger partial charge in [-0.05, 0) is 31.0 Å². The quantitative estimate of drug-likeness (QED) is 0.675. The maximum Gasteiger partial charge on any atom is 0.326 e. The van der Waals surface area contributed by atoms with E-state index < -0.39 is 17.9 Å². The molecule has 1 atom stereocenters. The highest BCUT2D eigenvalue weighted by Crippen LogP contribution is 2.27. The van der Waals surface area contributed by atoms with Crippen LogP contribution in [0.25, 0.3) is 0 Å². The molecule has 1 aliphatic heterocycles. The number of hydrogen-bond acceptors (Lipinski definition) is 4. The number of carboxylic acid groups (broad SMARTS) is 1. The standard InChI is InChI=1S/C12H13NO5/c14-7-3-4-10(15)8(6-7)11(16)13-5-1-2-9(13)12(17)18/h3-4,6,9,14-15H,1-2,5H2,(H,17,18). The molecular formula is C12H13NO5. The lowest BCUT2D eigenvalue weighted by atomic mass is 10.1. The highest BCUT2D eigenvalue weighted by Gasteiger charge is 2.35. The smallest absolute Gasteiger partial charge is 0.326 e. The number of benzene rings is 1. The Balaban J connectivity index is 2.31. The first kappa shape index (κ1) is 12.2. The minimum atomic E-state index is -1.06. The van der Waals surface area contributed by atoms with E-state index in [1.54, 1.807) is 0 Å². The molecule has 2 rings (SSSR count). The average molecular weight is 251 g/mol. The van der Waals surface area contributed by atoms with Gasteiger partial charge < -0.3 is 20.2 Å². The molecule has 1 aliphatic rings. The van der Waals surface area contributed by atoms with Crippen LogP contribution in [-0.2, 0) is 4.79 Å². The molecule has 0 bridgehead atoms. The fraction of sp³-hybridized carbons (Fsp3) is 0.333. The van der Waals surface area contributed by atoms with E-state index in [0.29, 0.717) is 19.4 Å². The fourth-order valence-corrected chi connectivity index (χ4v) is 2.12. The second kappa shape index (κ2) is 4.56. The van der Waals surface area contributed by atoms with Gasteiger partial charge in [-0.1, -0.05) is 0 Å². The maximum atomic E-state index is 12.1. The van der Waals surface area contributed by atoms with E-state index in [-0.39, 0.29) is 17.1 Å². The van der Waals surface area contributed by atoms with Gasteiger partial charge in [0.05, 0.1) is 5.56 Å². The van der Waals surface area contributed by atoms with Crippen molar-refractivity contribution in [2.24, 2.45) is 0 Å². The lowest BCUT2D eigenvalue weighted by Gasteiger charge is -2.21. The predicted octanol–water partition coefficient (Wildman–Crippen LogP) is 0.787. The summed E-state index contributed by atoms with van der Waals surface area (Å²) in [4.78, 5) is 24.3. The summed E-state index contributed by atoms with van der Waals surface area (Å²) >= 11 is 0. The average Bonchev–Trinajstić information content (AvgIpc) is 2.80. The second-order valence-electron chi connectivity index (χ2n) is 4.20. The third-order valence-corrected chi connectivity index (χ3v) is 3.01. The Morgan fingerprint density at radius 1 is 1.28 bits per heavy atom. The third kappa shape index (κ3) is 2.09. The number of hydrogen-bond donors (Lipinski definition) is 3. The van der Waals surface area contributed by atoms with Crippen LogP contribution in [0.4, 0.5) is 0 Å². The maximum absolute atomic E-state index is 12.1. The zero-order valence-corrected chi connectivity index (χ0v) is 9.54. The van der Waals surface area contributed by atoms with Crippen molar-refractivity contribution >= 4 is 11.9 Å². The molecule has 1 saturated heterocycles. The van der Waals surface area contributed by atoms with Crippen LogP contribution in [0.1, 0.15) is 23.2 Å². The SMILES string of the molecule is O=C(O)C1CCCN1C(=O)c1cc(O)ccc1O. The molecule has 1 unspecified atom stereocenters. The molecule has 3 N–H and O–H groups in total. The van der Waals surface area contributed by atoms with Gasteiger partial charge in [0.25, 0.3) is 5.91 Å². The molecule has 1 amide bonds. The molecule has 6 nitrogen and oxygen atoms in total. The number of carboxylic acids is 1. The molecule has 0 aromatic heterocycles. The number of rotatable bonds is 2. The second-order valence-corrected chi connectivity index (χ2v) is 4.20. The van der Waals surface area contributed by atoms with E-state index in [4.69, 9.17) is 5.11 Å². The summed E-state index contributed by atoms with van der Waals surface area (Å²) in [7, 11) is 0. The molecule has 0 radical (unpaired) electrons. The van der Waals surface area contributed by atoms with E-state index in [9.17, 15) is 19.8 Å². The van der Waals surface area contributed by atoms with Crippen LogP contribution in [0.3, 0.4) is 0 Å². The first-order valence-electron chi connectivity index (χ1n) is 5.56. The van der Waals surface area contributed by atoms with Gasteiger partial charge >= 0.3 is 5.97 Å². The molecule has 18 heavy (non-hydrogen) atoms. The number of carbonyl (C=O) groups excluding carboxylic acids is 1. The van der Waals surface area contributed by atoms with Gasteiger partial charge in [-0.2, -0.15) is 0 Å². The molecule has 6 heteroatoms. The molecule has 1 aromatic rings. The third-order valence-electron chi connectivity index (χ3n) is 3.01. The number of amides is 1. The fourth-order valence-electron chi connectivity index (χ4n) is 2.12. The summed E-state index contributed by atoms with van der Waals surface area (Å²) in [5.41, 5.74) is -0.0804. The summed E-state index contributed by atoms with van der Waals surface area (Å²) in [5.74, 6) is -2.05. The van der Waals surface area contributed by atoms with Crippen molar-refractivity contribution in [1.82, 2.24) is 4.90 Å². The van der Waals surface area contributed by atoms with Crippen LogP contribution >= 0.6 is 0 Å². The minimum absolute atomic E-state index is 0.0804. The summed E-state index contributed by atoms with van der Waals surface area (Å²) in [5, 5.41) is 27.9. The Morgan fingerprint density at radius 3 is 2.67 bits per heavy atom. The predicted molar refractivity (Wildman–Crippen MR) is 61.5 cm³/mol. The lowest BCUT2D eigenvalue weighted by Crippen LogP contribution is -2.40. The number of carbonyl (C=O) groups is 2. The zero-order valence-electron chi connectivity index (χ0n) is 9.54. The van der Waals surface area contributed by atoms with Crippen LogP contribution in [0.15, 0.2) is 18.2 Å². The largest absolute Gasteiger partial charge is 0.508 e. The Bertz CT molecular complexity index is 499. The molecule has 0 saturated carbocycles. The van der Waals surface area contributed by atoms with E-state index in [1.807, 2.05) is 0 Å². The number of phenols is 2. The van der Waals surface area contributed by atoms with E-state index in [2.05, 4.69) is 0 Å². The lowest BCUT2D eigenvalue weighted by molar-refractivity contribution is -0.141. The summed E-state index contributed by atoms with van der Waals surface area (Å²) in [6.07, 6.45) is 1.02. The van der Waals surface area contributed by atoms with Gasteiger partial charge in [0.15, 0.2) is 0 Å². The molecule has 0 aliphatic carbocycles. The number of nitrogens with zero attached hydrogens (tertiary/aromatic N) is 1. The Kier molecular flexibility index (Phi) is 3.10. The Labute approximate surface area is 103 Å². The van der Waals surface area contributed by atoms with E-state index >= 15 is 0 Å². The number of likely N-dealkylation sites (tertiary alicyclic amines) is 1. The summed E-state index contributed by atoms with van der Waals surface area (Å²) in [6.45, 7) is 0.338. The molecular weight excluding hydrogens is 238 g/mol. The van der Waals surface area contributed by atoms with Crippen molar-refractivity contribution < 1.29 is 24.9 Å². The molecule has 1 aromatic carbocycles. The Hall–Kier alpha value is -2.24. The minimum Gasteiger partial charge on any atom is -0.508 e. The van der Waals surface area contributed by atoms with Gasteiger partial charge in [0, 0.05) is 6.54 Å². The normalized spacial score (nSPS) is 18.9. The van der Waals surface area contributed by atoms with Crippen LogP contribution in [-0.4, -0.2) is 44.7 Å². The van der Waals surface area contributed by atoms with Gasteiger partial charge in [-0.25, -0.2) is 4.79 Å². The van der Waals surface area contributed by atoms with Gasteiger partial charge in [-0.15, -0.1) is 0 Å². The summed E-state index contributed by atoms with van der Waals surface area (Å²) < 4.78 is 0. The number of aromatic hydroxyl groups is 2. The number of aliphatic carboxylic acids is 1. The number of phenolic OH excluding ortho intramolecular Hbond substituents is 2. The molecule has 1 fully saturated rings. The van der Waals surface area contributed by atoms with Crippen molar-refractivity contribution in [2.45, 2.75) is 18.9 Å². The Morgan fingerprint density at radius 2 is 2.00 bits per heavy atom. The van der Waals surface area contributed by atoms with Gasteiger partial charge in [-0.3, -0.25) is 4.79 Å². The van der Waals surface area contributed by atoms with Crippen LogP contribution in [0.5, 0.6) is 11.5 Å². The van der Waals surface area contributed by atoms with Crippen LogP contribution < -0.4 is 0 Å².